The van der Waals surface area contributed by atoms with Gasteiger partial charge in [-0.25, -0.2) is 0 Å². The van der Waals surface area contributed by atoms with E-state index < -0.39 is 0 Å². The molecule has 0 saturated carbocycles. The highest BCUT2D eigenvalue weighted by molar-refractivity contribution is 7.80. The molecule has 0 saturated heterocycles. The number of benzene rings is 1. The first-order valence-corrected chi connectivity index (χ1v) is 5.13. The van der Waals surface area contributed by atoms with E-state index in [0.29, 0.717) is 17.2 Å². The summed E-state index contributed by atoms with van der Waals surface area (Å²) in [6.45, 7) is 2.63. The number of hydrogen-bond donors (Lipinski definition) is 4. The molecule has 0 heterocycles. The van der Waals surface area contributed by atoms with E-state index in [2.05, 4.69) is 15.8 Å². The Hall–Kier alpha value is -1.82. The number of nitrogens with one attached hydrogen (secondary N) is 2. The lowest BCUT2D eigenvalue weighted by atomic mass is 10.2. The number of rotatable bonds is 3. The first-order chi connectivity index (χ1) is 7.63. The molecule has 0 radical (unpaired) electrons. The Bertz CT molecular complexity index is 407. The zero-order chi connectivity index (χ0) is 12.0. The summed E-state index contributed by atoms with van der Waals surface area (Å²) >= 11 is 4.88. The van der Waals surface area contributed by atoms with E-state index in [1.807, 2.05) is 6.92 Å². The maximum absolute atomic E-state index is 9.43. The number of phenolic OH excluding ortho intramolecular Hbond substituents is 2. The fraction of sp³-hybridized carbons (Fsp3) is 0.200. The Morgan fingerprint density at radius 3 is 2.88 bits per heavy atom. The maximum atomic E-state index is 9.43. The lowest BCUT2D eigenvalue weighted by Crippen LogP contribution is -2.31. The monoisotopic (exact) mass is 239 g/mol. The predicted molar refractivity (Wildman–Crippen MR) is 66.8 cm³/mol. The molecule has 5 nitrogen and oxygen atoms in total. The summed E-state index contributed by atoms with van der Waals surface area (Å²) in [6, 6.07) is 4.25. The zero-order valence-electron chi connectivity index (χ0n) is 8.77. The van der Waals surface area contributed by atoms with Gasteiger partial charge in [-0.2, -0.15) is 5.10 Å². The Balaban J connectivity index is 2.59. The molecule has 1 rings (SSSR count). The van der Waals surface area contributed by atoms with Gasteiger partial charge in [0.05, 0.1) is 6.21 Å². The van der Waals surface area contributed by atoms with Gasteiger partial charge in [-0.15, -0.1) is 0 Å². The quantitative estimate of drug-likeness (QED) is 0.358. The highest BCUT2D eigenvalue weighted by atomic mass is 32.1. The third kappa shape index (κ3) is 3.74. The van der Waals surface area contributed by atoms with Crippen molar-refractivity contribution in [3.05, 3.63) is 23.8 Å². The molecule has 0 aromatic heterocycles. The number of hydrazone groups is 1. The van der Waals surface area contributed by atoms with Crippen LogP contribution in [0.1, 0.15) is 12.5 Å². The van der Waals surface area contributed by atoms with Crippen LogP contribution in [0.3, 0.4) is 0 Å². The van der Waals surface area contributed by atoms with Crippen molar-refractivity contribution in [1.82, 2.24) is 10.7 Å². The molecule has 86 valence electrons. The lowest BCUT2D eigenvalue weighted by molar-refractivity contribution is 0.450. The summed E-state index contributed by atoms with van der Waals surface area (Å²) in [6.07, 6.45) is 1.42. The van der Waals surface area contributed by atoms with E-state index in [1.165, 1.54) is 18.3 Å². The Kier molecular flexibility index (Phi) is 4.53. The third-order valence-electron chi connectivity index (χ3n) is 1.72. The number of nitrogens with zero attached hydrogens (tertiary/aromatic N) is 1. The summed E-state index contributed by atoms with van der Waals surface area (Å²) in [5, 5.41) is 25.6. The van der Waals surface area contributed by atoms with Gasteiger partial charge in [0.1, 0.15) is 11.5 Å². The van der Waals surface area contributed by atoms with Gasteiger partial charge in [0.15, 0.2) is 5.11 Å². The topological polar surface area (TPSA) is 76.9 Å². The van der Waals surface area contributed by atoms with Crippen molar-refractivity contribution in [3.63, 3.8) is 0 Å². The first kappa shape index (κ1) is 12.3. The van der Waals surface area contributed by atoms with Crippen LogP contribution in [0.5, 0.6) is 11.5 Å². The summed E-state index contributed by atoms with van der Waals surface area (Å²) in [5.74, 6) is -0.0364. The van der Waals surface area contributed by atoms with Crippen LogP contribution in [0.15, 0.2) is 23.3 Å². The van der Waals surface area contributed by atoms with E-state index in [-0.39, 0.29) is 11.5 Å². The zero-order valence-corrected chi connectivity index (χ0v) is 9.58. The van der Waals surface area contributed by atoms with Crippen molar-refractivity contribution < 1.29 is 10.2 Å². The molecule has 0 atom stereocenters. The Labute approximate surface area is 98.8 Å². The van der Waals surface area contributed by atoms with Gasteiger partial charge in [-0.3, -0.25) is 5.43 Å². The molecule has 0 bridgehead atoms. The van der Waals surface area contributed by atoms with Gasteiger partial charge in [0.25, 0.3) is 0 Å². The second-order valence-corrected chi connectivity index (χ2v) is 3.38. The van der Waals surface area contributed by atoms with Crippen LogP contribution in [0, 0.1) is 0 Å². The average molecular weight is 239 g/mol. The molecule has 1 aromatic rings. The molecule has 4 N–H and O–H groups in total. The van der Waals surface area contributed by atoms with Crippen LogP contribution < -0.4 is 10.7 Å². The Morgan fingerprint density at radius 1 is 1.50 bits per heavy atom. The molecular formula is C10H13N3O2S. The fourth-order valence-electron chi connectivity index (χ4n) is 1.00. The number of aromatic hydroxyl groups is 2. The fourth-order valence-corrected chi connectivity index (χ4v) is 1.20. The van der Waals surface area contributed by atoms with Crippen LogP contribution in [-0.2, 0) is 0 Å². The molecule has 1 aromatic carbocycles. The number of thiocarbonyl (C=S) groups is 1. The molecule has 0 amide bonds. The summed E-state index contributed by atoms with van der Waals surface area (Å²) in [4.78, 5) is 0. The minimum atomic E-state index is -0.0417. The highest BCUT2D eigenvalue weighted by Gasteiger charge is 1.98. The summed E-state index contributed by atoms with van der Waals surface area (Å²) in [5.41, 5.74) is 3.08. The molecule has 16 heavy (non-hydrogen) atoms. The van der Waals surface area contributed by atoms with Crippen molar-refractivity contribution in [3.8, 4) is 11.5 Å². The highest BCUT2D eigenvalue weighted by Crippen LogP contribution is 2.20. The molecule has 0 spiro atoms. The maximum Gasteiger partial charge on any atom is 0.186 e. The lowest BCUT2D eigenvalue weighted by Gasteiger charge is -2.03. The standard InChI is InChI=1S/C10H13N3O2S/c1-2-11-10(16)13-12-6-7-3-4-8(14)5-9(7)15/h3-6,14-15H,2H2,1H3,(H2,11,13,16)/b12-6-. The number of phenols is 2. The minimum absolute atomic E-state index is 0.00535. The molecule has 0 aliphatic heterocycles. The SMILES string of the molecule is CCNC(=S)N/N=C\c1ccc(O)cc1O. The predicted octanol–water partition coefficient (Wildman–Crippen LogP) is 0.916. The Morgan fingerprint density at radius 2 is 2.25 bits per heavy atom. The van der Waals surface area contributed by atoms with Gasteiger partial charge in [0, 0.05) is 18.2 Å². The van der Waals surface area contributed by atoms with E-state index in [4.69, 9.17) is 17.3 Å². The van der Waals surface area contributed by atoms with Gasteiger partial charge in [-0.05, 0) is 31.3 Å². The van der Waals surface area contributed by atoms with Crippen LogP contribution in [0.4, 0.5) is 0 Å². The molecule has 0 fully saturated rings. The van der Waals surface area contributed by atoms with E-state index in [0.717, 1.165) is 0 Å². The van der Waals surface area contributed by atoms with E-state index >= 15 is 0 Å². The first-order valence-electron chi connectivity index (χ1n) is 4.72. The van der Waals surface area contributed by atoms with Gasteiger partial charge >= 0.3 is 0 Å². The van der Waals surface area contributed by atoms with Gasteiger partial charge in [0.2, 0.25) is 0 Å². The van der Waals surface area contributed by atoms with Crippen molar-refractivity contribution in [2.75, 3.05) is 6.54 Å². The third-order valence-corrected chi connectivity index (χ3v) is 1.96. The largest absolute Gasteiger partial charge is 0.508 e. The van der Waals surface area contributed by atoms with Crippen LogP contribution >= 0.6 is 12.2 Å². The summed E-state index contributed by atoms with van der Waals surface area (Å²) in [7, 11) is 0. The van der Waals surface area contributed by atoms with E-state index in [1.54, 1.807) is 6.07 Å². The van der Waals surface area contributed by atoms with Crippen molar-refractivity contribution in [2.45, 2.75) is 6.92 Å². The smallest absolute Gasteiger partial charge is 0.186 e. The van der Waals surface area contributed by atoms with Gasteiger partial charge < -0.3 is 15.5 Å². The van der Waals surface area contributed by atoms with Crippen LogP contribution in [0.25, 0.3) is 0 Å². The van der Waals surface area contributed by atoms with E-state index in [9.17, 15) is 5.11 Å². The average Bonchev–Trinajstić information content (AvgIpc) is 2.22. The van der Waals surface area contributed by atoms with Crippen LogP contribution in [0.2, 0.25) is 0 Å². The summed E-state index contributed by atoms with van der Waals surface area (Å²) < 4.78 is 0. The molecule has 0 aliphatic rings. The second-order valence-electron chi connectivity index (χ2n) is 2.97. The molecule has 0 unspecified atom stereocenters. The normalized spacial score (nSPS) is 10.3. The minimum Gasteiger partial charge on any atom is -0.508 e. The van der Waals surface area contributed by atoms with Crippen molar-refractivity contribution in [2.24, 2.45) is 5.10 Å². The van der Waals surface area contributed by atoms with Crippen molar-refractivity contribution in [1.29, 1.82) is 0 Å². The molecule has 0 aliphatic carbocycles. The van der Waals surface area contributed by atoms with Gasteiger partial charge in [-0.1, -0.05) is 0 Å². The van der Waals surface area contributed by atoms with Crippen molar-refractivity contribution >= 4 is 23.5 Å². The second kappa shape index (κ2) is 5.92. The molecule has 6 heteroatoms. The van der Waals surface area contributed by atoms with Crippen LogP contribution in [-0.4, -0.2) is 28.1 Å². The molecular weight excluding hydrogens is 226 g/mol. The number of hydrogen-bond acceptors (Lipinski definition) is 4.